The molecule has 0 aliphatic heterocycles. The fourth-order valence-electron chi connectivity index (χ4n) is 2.46. The van der Waals surface area contributed by atoms with Gasteiger partial charge in [0.15, 0.2) is 5.82 Å². The van der Waals surface area contributed by atoms with Crippen LogP contribution in [0, 0.1) is 10.1 Å². The van der Waals surface area contributed by atoms with Crippen molar-refractivity contribution in [1.82, 2.24) is 9.78 Å². The second-order valence-electron chi connectivity index (χ2n) is 5.93. The van der Waals surface area contributed by atoms with Crippen molar-refractivity contribution in [3.05, 3.63) is 90.5 Å². The molecule has 0 fully saturated rings. The first-order valence-corrected chi connectivity index (χ1v) is 9.77. The molecule has 0 atom stereocenters. The summed E-state index contributed by atoms with van der Waals surface area (Å²) in [5.74, 6) is -0.0873. The molecule has 0 unspecified atom stereocenters. The van der Waals surface area contributed by atoms with Gasteiger partial charge in [0.05, 0.1) is 15.9 Å². The number of hydrogen-bond acceptors (Lipinski definition) is 4. The minimum Gasteiger partial charge on any atom is -0.305 e. The van der Waals surface area contributed by atoms with E-state index in [-0.39, 0.29) is 5.69 Å². The zero-order chi connectivity index (χ0) is 21.0. The molecule has 0 aliphatic carbocycles. The third kappa shape index (κ3) is 5.66. The Morgan fingerprint density at radius 1 is 1.28 bits per heavy atom. The monoisotopic (exact) mass is 494 g/mol. The first-order valence-electron chi connectivity index (χ1n) is 8.22. The molecule has 10 heteroatoms. The Kier molecular flexibility index (Phi) is 6.68. The third-order valence-corrected chi connectivity index (χ3v) is 4.98. The van der Waals surface area contributed by atoms with Crippen LogP contribution >= 0.6 is 39.1 Å². The summed E-state index contributed by atoms with van der Waals surface area (Å²) in [6, 6.07) is 11.2. The topological polar surface area (TPSA) is 90.1 Å². The van der Waals surface area contributed by atoms with Gasteiger partial charge in [0.1, 0.15) is 0 Å². The highest BCUT2D eigenvalue weighted by Gasteiger charge is 2.11. The van der Waals surface area contributed by atoms with Crippen LogP contribution in [-0.4, -0.2) is 20.6 Å². The summed E-state index contributed by atoms with van der Waals surface area (Å²) < 4.78 is 2.22. The lowest BCUT2D eigenvalue weighted by Crippen LogP contribution is -2.09. The molecule has 1 N–H and O–H groups in total. The van der Waals surface area contributed by atoms with Gasteiger partial charge in [-0.3, -0.25) is 19.6 Å². The van der Waals surface area contributed by atoms with Gasteiger partial charge in [0.2, 0.25) is 5.91 Å². The zero-order valence-electron chi connectivity index (χ0n) is 14.7. The van der Waals surface area contributed by atoms with Crippen LogP contribution in [0.4, 0.5) is 11.5 Å². The fourth-order valence-corrected chi connectivity index (χ4v) is 3.34. The number of benzene rings is 2. The van der Waals surface area contributed by atoms with E-state index < -0.39 is 10.8 Å². The predicted molar refractivity (Wildman–Crippen MR) is 116 cm³/mol. The lowest BCUT2D eigenvalue weighted by molar-refractivity contribution is -0.384. The summed E-state index contributed by atoms with van der Waals surface area (Å²) in [5.41, 5.74) is 1.32. The molecule has 0 spiro atoms. The van der Waals surface area contributed by atoms with Gasteiger partial charge >= 0.3 is 0 Å². The Morgan fingerprint density at radius 3 is 2.79 bits per heavy atom. The molecule has 3 rings (SSSR count). The number of amides is 1. The van der Waals surface area contributed by atoms with E-state index in [4.69, 9.17) is 23.2 Å². The number of anilines is 1. The van der Waals surface area contributed by atoms with Gasteiger partial charge in [0, 0.05) is 34.5 Å². The second kappa shape index (κ2) is 9.21. The molecule has 0 bridgehead atoms. The van der Waals surface area contributed by atoms with Crippen molar-refractivity contribution >= 4 is 62.6 Å². The molecule has 0 saturated heterocycles. The van der Waals surface area contributed by atoms with Crippen LogP contribution in [0.3, 0.4) is 0 Å². The molecule has 2 aromatic carbocycles. The van der Waals surface area contributed by atoms with Crippen LogP contribution < -0.4 is 5.32 Å². The van der Waals surface area contributed by atoms with Crippen LogP contribution in [0.1, 0.15) is 11.1 Å². The van der Waals surface area contributed by atoms with Crippen molar-refractivity contribution in [3.63, 3.8) is 0 Å². The molecule has 148 valence electrons. The maximum Gasteiger partial charge on any atom is 0.270 e. The molecule has 1 aromatic heterocycles. The number of nitro groups is 1. The number of hydrogen-bond donors (Lipinski definition) is 1. The first kappa shape index (κ1) is 21.0. The summed E-state index contributed by atoms with van der Waals surface area (Å²) in [5, 5.41) is 18.9. The standard InChI is InChI=1S/C19H13BrCl2N4O3/c20-16-11-25(10-13-5-6-14(21)9-17(13)22)24-19(16)23-18(27)7-4-12-2-1-3-15(8-12)26(28)29/h1-9,11H,10H2,(H,23,24,27)/b7-4+. The summed E-state index contributed by atoms with van der Waals surface area (Å²) >= 11 is 15.4. The average molecular weight is 496 g/mol. The SMILES string of the molecule is O=C(/C=C/c1cccc([N+](=O)[O-])c1)Nc1nn(Cc2ccc(Cl)cc2Cl)cc1Br. The largest absolute Gasteiger partial charge is 0.305 e. The third-order valence-electron chi connectivity index (χ3n) is 3.81. The summed E-state index contributed by atoms with van der Waals surface area (Å²) in [4.78, 5) is 22.5. The molecule has 1 heterocycles. The number of carbonyl (C=O) groups is 1. The fraction of sp³-hybridized carbons (Fsp3) is 0.0526. The summed E-state index contributed by atoms with van der Waals surface area (Å²) in [7, 11) is 0. The molecule has 0 aliphatic rings. The Morgan fingerprint density at radius 2 is 2.07 bits per heavy atom. The smallest absolute Gasteiger partial charge is 0.270 e. The Labute approximate surface area is 184 Å². The van der Waals surface area contributed by atoms with Gasteiger partial charge in [-0.15, -0.1) is 0 Å². The van der Waals surface area contributed by atoms with Gasteiger partial charge in [0.25, 0.3) is 5.69 Å². The van der Waals surface area contributed by atoms with E-state index in [1.807, 2.05) is 0 Å². The van der Waals surface area contributed by atoms with E-state index in [9.17, 15) is 14.9 Å². The van der Waals surface area contributed by atoms with Crippen molar-refractivity contribution in [1.29, 1.82) is 0 Å². The number of nitro benzene ring substituents is 1. The van der Waals surface area contributed by atoms with Crippen LogP contribution in [0.15, 0.2) is 59.2 Å². The van der Waals surface area contributed by atoms with Crippen LogP contribution in [-0.2, 0) is 11.3 Å². The highest BCUT2D eigenvalue weighted by atomic mass is 79.9. The van der Waals surface area contributed by atoms with E-state index >= 15 is 0 Å². The summed E-state index contributed by atoms with van der Waals surface area (Å²) in [6.45, 7) is 0.397. The Bertz CT molecular complexity index is 1110. The van der Waals surface area contributed by atoms with E-state index in [0.717, 1.165) is 5.56 Å². The molecule has 3 aromatic rings. The molecule has 0 saturated carbocycles. The molecule has 1 amide bonds. The highest BCUT2D eigenvalue weighted by Crippen LogP contribution is 2.24. The Balaban J connectivity index is 1.68. The highest BCUT2D eigenvalue weighted by molar-refractivity contribution is 9.10. The van der Waals surface area contributed by atoms with Gasteiger partial charge in [-0.1, -0.05) is 41.4 Å². The van der Waals surface area contributed by atoms with E-state index in [0.29, 0.717) is 32.4 Å². The van der Waals surface area contributed by atoms with Crippen molar-refractivity contribution in [2.24, 2.45) is 0 Å². The van der Waals surface area contributed by atoms with Crippen LogP contribution in [0.2, 0.25) is 10.0 Å². The van der Waals surface area contributed by atoms with Crippen LogP contribution in [0.25, 0.3) is 6.08 Å². The normalized spacial score (nSPS) is 11.0. The number of carbonyl (C=O) groups excluding carboxylic acids is 1. The molecular formula is C19H13BrCl2N4O3. The number of aromatic nitrogens is 2. The quantitative estimate of drug-likeness (QED) is 0.275. The first-order chi connectivity index (χ1) is 13.8. The summed E-state index contributed by atoms with van der Waals surface area (Å²) in [6.07, 6.45) is 4.48. The predicted octanol–water partition coefficient (Wildman–Crippen LogP) is 5.56. The van der Waals surface area contributed by atoms with E-state index in [2.05, 4.69) is 26.3 Å². The number of nitrogens with zero attached hydrogens (tertiary/aromatic N) is 3. The van der Waals surface area contributed by atoms with Crippen molar-refractivity contribution in [2.75, 3.05) is 5.32 Å². The van der Waals surface area contributed by atoms with Gasteiger partial charge in [-0.25, -0.2) is 0 Å². The number of rotatable bonds is 6. The van der Waals surface area contributed by atoms with Gasteiger partial charge in [-0.05, 0) is 45.3 Å². The van der Waals surface area contributed by atoms with Crippen molar-refractivity contribution < 1.29 is 9.72 Å². The van der Waals surface area contributed by atoms with Gasteiger partial charge < -0.3 is 5.32 Å². The van der Waals surface area contributed by atoms with E-state index in [1.54, 1.807) is 41.2 Å². The van der Waals surface area contributed by atoms with Crippen LogP contribution in [0.5, 0.6) is 0 Å². The maximum atomic E-state index is 12.2. The maximum absolute atomic E-state index is 12.2. The molecular weight excluding hydrogens is 483 g/mol. The second-order valence-corrected chi connectivity index (χ2v) is 7.63. The minimum atomic E-state index is -0.492. The van der Waals surface area contributed by atoms with Gasteiger partial charge in [-0.2, -0.15) is 5.10 Å². The lowest BCUT2D eigenvalue weighted by Gasteiger charge is -2.05. The number of halogens is 3. The Hall–Kier alpha value is -2.68. The number of non-ortho nitro benzene ring substituents is 1. The number of nitrogens with one attached hydrogen (secondary N) is 1. The van der Waals surface area contributed by atoms with Crippen molar-refractivity contribution in [2.45, 2.75) is 6.54 Å². The van der Waals surface area contributed by atoms with E-state index in [1.165, 1.54) is 24.3 Å². The van der Waals surface area contributed by atoms with Crippen molar-refractivity contribution in [3.8, 4) is 0 Å². The molecule has 29 heavy (non-hydrogen) atoms. The molecule has 7 nitrogen and oxygen atoms in total. The average Bonchev–Trinajstić information content (AvgIpc) is 3.01. The lowest BCUT2D eigenvalue weighted by atomic mass is 10.2. The minimum absolute atomic E-state index is 0.0464. The zero-order valence-corrected chi connectivity index (χ0v) is 17.8. The molecule has 0 radical (unpaired) electrons.